The standard InChI is InChI=1S/C10H11ClF2N2O2/c1-2-17-10(16)5-3-6(14)8(9(12)13)15-7(5)4-11/h3,9H,2,4,14H2,1H3. The van der Waals surface area contributed by atoms with Crippen molar-refractivity contribution in [2.45, 2.75) is 19.2 Å². The van der Waals surface area contributed by atoms with E-state index < -0.39 is 18.1 Å². The molecule has 0 aliphatic rings. The number of nitrogen functional groups attached to an aromatic ring is 1. The van der Waals surface area contributed by atoms with Crippen LogP contribution in [0.4, 0.5) is 14.5 Å². The average molecular weight is 265 g/mol. The highest BCUT2D eigenvalue weighted by Gasteiger charge is 2.20. The summed E-state index contributed by atoms with van der Waals surface area (Å²) in [7, 11) is 0. The molecule has 4 nitrogen and oxygen atoms in total. The number of anilines is 1. The quantitative estimate of drug-likeness (QED) is 0.670. The second-order valence-corrected chi connectivity index (χ2v) is 3.38. The van der Waals surface area contributed by atoms with E-state index in [4.69, 9.17) is 22.1 Å². The zero-order chi connectivity index (χ0) is 13.0. The lowest BCUT2D eigenvalue weighted by molar-refractivity contribution is 0.0524. The Hall–Kier alpha value is -1.43. The van der Waals surface area contributed by atoms with E-state index in [1.165, 1.54) is 0 Å². The lowest BCUT2D eigenvalue weighted by Crippen LogP contribution is -2.12. The number of carbonyl (C=O) groups excluding carboxylic acids is 1. The molecule has 17 heavy (non-hydrogen) atoms. The van der Waals surface area contributed by atoms with Gasteiger partial charge in [-0.1, -0.05) is 0 Å². The molecule has 0 amide bonds. The molecule has 0 saturated heterocycles. The van der Waals surface area contributed by atoms with Crippen molar-refractivity contribution < 1.29 is 18.3 Å². The Bertz CT molecular complexity index is 427. The van der Waals surface area contributed by atoms with Gasteiger partial charge in [-0.3, -0.25) is 0 Å². The van der Waals surface area contributed by atoms with Crippen LogP contribution >= 0.6 is 11.6 Å². The highest BCUT2D eigenvalue weighted by Crippen LogP contribution is 2.26. The maximum Gasteiger partial charge on any atom is 0.340 e. The Kier molecular flexibility index (Phi) is 4.62. The van der Waals surface area contributed by atoms with Crippen LogP contribution in [0.15, 0.2) is 6.07 Å². The second kappa shape index (κ2) is 5.77. The van der Waals surface area contributed by atoms with E-state index in [-0.39, 0.29) is 29.4 Å². The Morgan fingerprint density at radius 1 is 1.65 bits per heavy atom. The third-order valence-corrected chi connectivity index (χ3v) is 2.24. The third kappa shape index (κ3) is 3.03. The smallest absolute Gasteiger partial charge is 0.340 e. The van der Waals surface area contributed by atoms with E-state index in [0.717, 1.165) is 6.07 Å². The number of rotatable bonds is 4. The predicted molar refractivity (Wildman–Crippen MR) is 59.1 cm³/mol. The van der Waals surface area contributed by atoms with Gasteiger partial charge in [-0.2, -0.15) is 0 Å². The van der Waals surface area contributed by atoms with Gasteiger partial charge < -0.3 is 10.5 Å². The van der Waals surface area contributed by atoms with Crippen molar-refractivity contribution in [2.24, 2.45) is 0 Å². The molecule has 1 rings (SSSR count). The molecule has 0 radical (unpaired) electrons. The number of alkyl halides is 3. The van der Waals surface area contributed by atoms with Crippen molar-refractivity contribution in [3.63, 3.8) is 0 Å². The van der Waals surface area contributed by atoms with Gasteiger partial charge in [-0.05, 0) is 13.0 Å². The third-order valence-electron chi connectivity index (χ3n) is 1.99. The first-order valence-corrected chi connectivity index (χ1v) is 5.35. The summed E-state index contributed by atoms with van der Waals surface area (Å²) in [5, 5.41) is 0. The van der Waals surface area contributed by atoms with Crippen LogP contribution in [0.3, 0.4) is 0 Å². The fraction of sp³-hybridized carbons (Fsp3) is 0.400. The van der Waals surface area contributed by atoms with E-state index in [0.29, 0.717) is 0 Å². The number of esters is 1. The number of nitrogens with two attached hydrogens (primary N) is 1. The normalized spacial score (nSPS) is 10.6. The SMILES string of the molecule is CCOC(=O)c1cc(N)c(C(F)F)nc1CCl. The number of nitrogens with zero attached hydrogens (tertiary/aromatic N) is 1. The van der Waals surface area contributed by atoms with Crippen LogP contribution in [0.2, 0.25) is 0 Å². The molecule has 0 aromatic carbocycles. The number of hydrogen-bond donors (Lipinski definition) is 1. The number of ether oxygens (including phenoxy) is 1. The van der Waals surface area contributed by atoms with Crippen molar-refractivity contribution >= 4 is 23.3 Å². The van der Waals surface area contributed by atoms with Crippen LogP contribution < -0.4 is 5.73 Å². The maximum absolute atomic E-state index is 12.5. The van der Waals surface area contributed by atoms with Gasteiger partial charge in [0.1, 0.15) is 5.69 Å². The molecule has 7 heteroatoms. The highest BCUT2D eigenvalue weighted by molar-refractivity contribution is 6.17. The van der Waals surface area contributed by atoms with Crippen LogP contribution in [0.25, 0.3) is 0 Å². The van der Waals surface area contributed by atoms with Gasteiger partial charge in [-0.15, -0.1) is 11.6 Å². The van der Waals surface area contributed by atoms with Gasteiger partial charge in [0.05, 0.1) is 29.4 Å². The number of carbonyl (C=O) groups is 1. The highest BCUT2D eigenvalue weighted by atomic mass is 35.5. The molecular weight excluding hydrogens is 254 g/mol. The number of aromatic nitrogens is 1. The molecule has 1 aromatic heterocycles. The molecule has 0 fully saturated rings. The predicted octanol–water partition coefficient (Wildman–Crippen LogP) is 2.52. The minimum atomic E-state index is -2.81. The molecule has 2 N–H and O–H groups in total. The molecule has 0 bridgehead atoms. The van der Waals surface area contributed by atoms with E-state index >= 15 is 0 Å². The summed E-state index contributed by atoms with van der Waals surface area (Å²) in [4.78, 5) is 15.1. The molecule has 0 spiro atoms. The topological polar surface area (TPSA) is 65.2 Å². The van der Waals surface area contributed by atoms with Crippen molar-refractivity contribution in [1.82, 2.24) is 4.98 Å². The molecule has 0 aliphatic carbocycles. The van der Waals surface area contributed by atoms with Crippen molar-refractivity contribution in [3.05, 3.63) is 23.0 Å². The summed E-state index contributed by atoms with van der Waals surface area (Å²) in [5.41, 5.74) is 4.61. The van der Waals surface area contributed by atoms with Gasteiger partial charge >= 0.3 is 5.97 Å². The first-order chi connectivity index (χ1) is 8.01. The Balaban J connectivity index is 3.23. The first kappa shape index (κ1) is 13.6. The minimum absolute atomic E-state index is 0.0174. The minimum Gasteiger partial charge on any atom is -0.462 e. The Morgan fingerprint density at radius 2 is 2.29 bits per heavy atom. The molecular formula is C10H11ClF2N2O2. The number of halogens is 3. The largest absolute Gasteiger partial charge is 0.462 e. The van der Waals surface area contributed by atoms with Crippen LogP contribution in [0.5, 0.6) is 0 Å². The lowest BCUT2D eigenvalue weighted by atomic mass is 10.1. The fourth-order valence-electron chi connectivity index (χ4n) is 1.25. The van der Waals surface area contributed by atoms with E-state index in [2.05, 4.69) is 4.98 Å². The Morgan fingerprint density at radius 3 is 2.76 bits per heavy atom. The molecule has 0 unspecified atom stereocenters. The summed E-state index contributed by atoms with van der Waals surface area (Å²) in [5.74, 6) is -0.850. The monoisotopic (exact) mass is 264 g/mol. The summed E-state index contributed by atoms with van der Waals surface area (Å²) in [6.45, 7) is 1.79. The van der Waals surface area contributed by atoms with E-state index in [9.17, 15) is 13.6 Å². The lowest BCUT2D eigenvalue weighted by Gasteiger charge is -2.10. The molecule has 94 valence electrons. The van der Waals surface area contributed by atoms with Crippen LogP contribution in [-0.2, 0) is 10.6 Å². The van der Waals surface area contributed by atoms with Crippen LogP contribution in [-0.4, -0.2) is 17.6 Å². The molecule has 1 aromatic rings. The van der Waals surface area contributed by atoms with Crippen LogP contribution in [0, 0.1) is 0 Å². The van der Waals surface area contributed by atoms with Crippen molar-refractivity contribution in [2.75, 3.05) is 12.3 Å². The van der Waals surface area contributed by atoms with Gasteiger partial charge in [-0.25, -0.2) is 18.6 Å². The van der Waals surface area contributed by atoms with Crippen LogP contribution in [0.1, 0.15) is 35.1 Å². The van der Waals surface area contributed by atoms with Gasteiger partial charge in [0.25, 0.3) is 6.43 Å². The zero-order valence-corrected chi connectivity index (χ0v) is 9.80. The molecule has 1 heterocycles. The van der Waals surface area contributed by atoms with Gasteiger partial charge in [0, 0.05) is 0 Å². The van der Waals surface area contributed by atoms with Gasteiger partial charge in [0.2, 0.25) is 0 Å². The van der Waals surface area contributed by atoms with Gasteiger partial charge in [0.15, 0.2) is 0 Å². The zero-order valence-electron chi connectivity index (χ0n) is 9.04. The van der Waals surface area contributed by atoms with Crippen molar-refractivity contribution in [3.8, 4) is 0 Å². The summed E-state index contributed by atoms with van der Waals surface area (Å²) in [6.07, 6.45) is -2.81. The van der Waals surface area contributed by atoms with E-state index in [1.54, 1.807) is 6.92 Å². The molecule has 0 aliphatic heterocycles. The first-order valence-electron chi connectivity index (χ1n) is 4.81. The summed E-state index contributed by atoms with van der Waals surface area (Å²) < 4.78 is 29.8. The average Bonchev–Trinajstić information content (AvgIpc) is 2.28. The van der Waals surface area contributed by atoms with Crippen molar-refractivity contribution in [1.29, 1.82) is 0 Å². The number of pyridine rings is 1. The Labute approximate surface area is 102 Å². The van der Waals surface area contributed by atoms with E-state index in [1.807, 2.05) is 0 Å². The summed E-state index contributed by atoms with van der Waals surface area (Å²) >= 11 is 5.55. The second-order valence-electron chi connectivity index (χ2n) is 3.11. The fourth-order valence-corrected chi connectivity index (χ4v) is 1.45. The molecule has 0 atom stereocenters. The maximum atomic E-state index is 12.5. The molecule has 0 saturated carbocycles. The summed E-state index contributed by atoms with van der Waals surface area (Å²) in [6, 6.07) is 1.12. The number of hydrogen-bond acceptors (Lipinski definition) is 4.